The molecule has 0 atom stereocenters. The molecule has 2 rings (SSSR count). The average molecular weight is 336 g/mol. The first-order valence-electron chi connectivity index (χ1n) is 7.53. The van der Waals surface area contributed by atoms with Crippen molar-refractivity contribution in [2.75, 3.05) is 11.9 Å². The number of phenols is 1. The highest BCUT2D eigenvalue weighted by Crippen LogP contribution is 2.15. The van der Waals surface area contributed by atoms with Gasteiger partial charge >= 0.3 is 5.97 Å². The number of ether oxygens (including phenoxy) is 1. The number of esters is 1. The molecule has 25 heavy (non-hydrogen) atoms. The second kappa shape index (κ2) is 8.31. The van der Waals surface area contributed by atoms with E-state index in [0.717, 1.165) is 0 Å². The van der Waals surface area contributed by atoms with Crippen molar-refractivity contribution in [3.8, 4) is 11.8 Å². The van der Waals surface area contributed by atoms with Gasteiger partial charge in [-0.3, -0.25) is 4.79 Å². The number of rotatable bonds is 5. The zero-order chi connectivity index (χ0) is 18.2. The lowest BCUT2D eigenvalue weighted by Gasteiger charge is -2.06. The van der Waals surface area contributed by atoms with E-state index < -0.39 is 11.9 Å². The number of benzene rings is 2. The van der Waals surface area contributed by atoms with Crippen molar-refractivity contribution < 1.29 is 19.4 Å². The van der Waals surface area contributed by atoms with E-state index in [9.17, 15) is 20.0 Å². The molecule has 0 spiro atoms. The molecule has 0 aliphatic rings. The highest BCUT2D eigenvalue weighted by atomic mass is 16.5. The third-order valence-electron chi connectivity index (χ3n) is 3.22. The first-order valence-corrected chi connectivity index (χ1v) is 7.53. The van der Waals surface area contributed by atoms with Crippen molar-refractivity contribution in [1.82, 2.24) is 0 Å². The minimum atomic E-state index is -0.570. The van der Waals surface area contributed by atoms with Gasteiger partial charge < -0.3 is 15.2 Å². The van der Waals surface area contributed by atoms with E-state index in [1.807, 2.05) is 6.07 Å². The third-order valence-corrected chi connectivity index (χ3v) is 3.22. The van der Waals surface area contributed by atoms with Gasteiger partial charge in [0, 0.05) is 5.69 Å². The predicted octanol–water partition coefficient (Wildman–Crippen LogP) is 3.11. The lowest BCUT2D eigenvalue weighted by molar-refractivity contribution is -0.112. The molecule has 0 radical (unpaired) electrons. The van der Waals surface area contributed by atoms with Crippen LogP contribution in [0, 0.1) is 11.3 Å². The number of anilines is 1. The Bertz CT molecular complexity index is 831. The van der Waals surface area contributed by atoms with E-state index in [1.165, 1.54) is 30.3 Å². The molecule has 6 nitrogen and oxygen atoms in total. The van der Waals surface area contributed by atoms with Gasteiger partial charge in [-0.15, -0.1) is 0 Å². The topological polar surface area (TPSA) is 99.4 Å². The van der Waals surface area contributed by atoms with Crippen LogP contribution >= 0.6 is 0 Å². The van der Waals surface area contributed by atoms with Gasteiger partial charge in [0.05, 0.1) is 12.2 Å². The number of nitrogens with one attached hydrogen (secondary N) is 1. The van der Waals surface area contributed by atoms with Gasteiger partial charge in [-0.25, -0.2) is 4.79 Å². The van der Waals surface area contributed by atoms with Crippen molar-refractivity contribution in [2.45, 2.75) is 6.92 Å². The third kappa shape index (κ3) is 4.94. The standard InChI is InChI=1S/C19H16N2O4/c1-2-25-19(24)14-5-7-16(8-6-14)21-18(23)15(12-20)11-13-3-9-17(22)10-4-13/h3-11,22H,2H2,1H3,(H,21,23). The number of aromatic hydroxyl groups is 1. The highest BCUT2D eigenvalue weighted by molar-refractivity contribution is 6.09. The van der Waals surface area contributed by atoms with Crippen LogP contribution in [-0.2, 0) is 9.53 Å². The Hall–Kier alpha value is -3.59. The summed E-state index contributed by atoms with van der Waals surface area (Å²) in [6, 6.07) is 14.1. The fourth-order valence-electron chi connectivity index (χ4n) is 1.99. The monoisotopic (exact) mass is 336 g/mol. The summed E-state index contributed by atoms with van der Waals surface area (Å²) in [6.45, 7) is 2.00. The molecule has 6 heteroatoms. The summed E-state index contributed by atoms with van der Waals surface area (Å²) >= 11 is 0. The fourth-order valence-corrected chi connectivity index (χ4v) is 1.99. The average Bonchev–Trinajstić information content (AvgIpc) is 2.62. The molecule has 0 saturated heterocycles. The van der Waals surface area contributed by atoms with Gasteiger partial charge in [-0.1, -0.05) is 12.1 Å². The van der Waals surface area contributed by atoms with Gasteiger partial charge in [0.1, 0.15) is 17.4 Å². The van der Waals surface area contributed by atoms with Crippen LogP contribution in [0.15, 0.2) is 54.1 Å². The van der Waals surface area contributed by atoms with Crippen molar-refractivity contribution in [2.24, 2.45) is 0 Å². The summed E-state index contributed by atoms with van der Waals surface area (Å²) in [7, 11) is 0. The van der Waals surface area contributed by atoms with E-state index in [2.05, 4.69) is 5.32 Å². The molecular weight excluding hydrogens is 320 g/mol. The molecule has 0 bridgehead atoms. The number of nitriles is 1. The molecule has 2 aromatic rings. The minimum Gasteiger partial charge on any atom is -0.508 e. The molecule has 0 saturated carbocycles. The van der Waals surface area contributed by atoms with Crippen molar-refractivity contribution in [3.05, 3.63) is 65.2 Å². The van der Waals surface area contributed by atoms with Crippen LogP contribution in [0.2, 0.25) is 0 Å². The van der Waals surface area contributed by atoms with E-state index in [-0.39, 0.29) is 17.9 Å². The molecular formula is C19H16N2O4. The summed E-state index contributed by atoms with van der Waals surface area (Å²) in [4.78, 5) is 23.8. The first-order chi connectivity index (χ1) is 12.0. The second-order valence-corrected chi connectivity index (χ2v) is 5.01. The minimum absolute atomic E-state index is 0.0832. The number of phenolic OH excluding ortho intramolecular Hbond substituents is 1. The predicted molar refractivity (Wildman–Crippen MR) is 92.7 cm³/mol. The zero-order valence-corrected chi connectivity index (χ0v) is 13.5. The second-order valence-electron chi connectivity index (χ2n) is 5.01. The number of nitrogens with zero attached hydrogens (tertiary/aromatic N) is 1. The lowest BCUT2D eigenvalue weighted by atomic mass is 10.1. The van der Waals surface area contributed by atoms with Crippen LogP contribution in [0.25, 0.3) is 6.08 Å². The maximum Gasteiger partial charge on any atom is 0.338 e. The van der Waals surface area contributed by atoms with Gasteiger partial charge in [0.2, 0.25) is 0 Å². The van der Waals surface area contributed by atoms with Crippen LogP contribution in [-0.4, -0.2) is 23.6 Å². The molecule has 0 heterocycles. The Kier molecular flexibility index (Phi) is 5.91. The molecule has 2 aromatic carbocycles. The number of carbonyl (C=O) groups excluding carboxylic acids is 2. The summed E-state index contributed by atoms with van der Waals surface area (Å²) in [5, 5.41) is 21.0. The lowest BCUT2D eigenvalue weighted by Crippen LogP contribution is -2.13. The maximum atomic E-state index is 12.2. The van der Waals surface area contributed by atoms with Crippen LogP contribution in [0.4, 0.5) is 5.69 Å². The fraction of sp³-hybridized carbons (Fsp3) is 0.105. The van der Waals surface area contributed by atoms with Gasteiger partial charge in [-0.05, 0) is 55.0 Å². The Morgan fingerprint density at radius 3 is 2.36 bits per heavy atom. The Labute approximate surface area is 145 Å². The van der Waals surface area contributed by atoms with Gasteiger partial charge in [0.25, 0.3) is 5.91 Å². The molecule has 126 valence electrons. The van der Waals surface area contributed by atoms with Crippen LogP contribution < -0.4 is 5.32 Å². The summed E-state index contributed by atoms with van der Waals surface area (Å²) in [5.74, 6) is -0.911. The van der Waals surface area contributed by atoms with E-state index >= 15 is 0 Å². The van der Waals surface area contributed by atoms with E-state index in [0.29, 0.717) is 16.8 Å². The molecule has 0 fully saturated rings. The van der Waals surface area contributed by atoms with Crippen LogP contribution in [0.5, 0.6) is 5.75 Å². The summed E-state index contributed by atoms with van der Waals surface area (Å²) in [5.41, 5.74) is 1.35. The summed E-state index contributed by atoms with van der Waals surface area (Å²) < 4.78 is 4.88. The normalized spacial score (nSPS) is 10.6. The van der Waals surface area contributed by atoms with E-state index in [1.54, 1.807) is 31.2 Å². The van der Waals surface area contributed by atoms with Gasteiger partial charge in [-0.2, -0.15) is 5.26 Å². The molecule has 0 unspecified atom stereocenters. The largest absolute Gasteiger partial charge is 0.508 e. The van der Waals surface area contributed by atoms with Crippen LogP contribution in [0.1, 0.15) is 22.8 Å². The SMILES string of the molecule is CCOC(=O)c1ccc(NC(=O)C(C#N)=Cc2ccc(O)cc2)cc1. The molecule has 1 amide bonds. The van der Waals surface area contributed by atoms with Crippen LogP contribution in [0.3, 0.4) is 0 Å². The Morgan fingerprint density at radius 1 is 1.16 bits per heavy atom. The Balaban J connectivity index is 2.10. The maximum absolute atomic E-state index is 12.2. The Morgan fingerprint density at radius 2 is 1.80 bits per heavy atom. The van der Waals surface area contributed by atoms with E-state index in [4.69, 9.17) is 4.74 Å². The quantitative estimate of drug-likeness (QED) is 0.496. The van der Waals surface area contributed by atoms with Crippen molar-refractivity contribution in [3.63, 3.8) is 0 Å². The molecule has 0 aromatic heterocycles. The van der Waals surface area contributed by atoms with Gasteiger partial charge in [0.15, 0.2) is 0 Å². The zero-order valence-electron chi connectivity index (χ0n) is 13.5. The number of amides is 1. The molecule has 0 aliphatic heterocycles. The molecule has 0 aliphatic carbocycles. The van der Waals surface area contributed by atoms with Crippen molar-refractivity contribution >= 4 is 23.6 Å². The van der Waals surface area contributed by atoms with Crippen molar-refractivity contribution in [1.29, 1.82) is 5.26 Å². The summed E-state index contributed by atoms with van der Waals surface area (Å²) in [6.07, 6.45) is 1.42. The molecule has 2 N–H and O–H groups in total. The number of hydrogen-bond donors (Lipinski definition) is 2. The number of carbonyl (C=O) groups is 2. The highest BCUT2D eigenvalue weighted by Gasteiger charge is 2.11. The smallest absolute Gasteiger partial charge is 0.338 e. The number of hydrogen-bond acceptors (Lipinski definition) is 5. The first kappa shape index (κ1) is 17.8.